The number of para-hydroxylation sites is 1. The lowest BCUT2D eigenvalue weighted by Crippen LogP contribution is -2.46. The molecule has 1 fully saturated rings. The molecule has 0 radical (unpaired) electrons. The summed E-state index contributed by atoms with van der Waals surface area (Å²) in [4.78, 5) is 12.8. The smallest absolute Gasteiger partial charge is 0.235 e. The maximum Gasteiger partial charge on any atom is 0.235 e. The molecule has 0 spiro atoms. The van der Waals surface area contributed by atoms with Crippen molar-refractivity contribution < 1.29 is 4.79 Å². The highest BCUT2D eigenvalue weighted by molar-refractivity contribution is 9.10. The summed E-state index contributed by atoms with van der Waals surface area (Å²) in [6.07, 6.45) is 2.84. The lowest BCUT2D eigenvalue weighted by Gasteiger charge is -2.40. The van der Waals surface area contributed by atoms with Gasteiger partial charge in [-0.1, -0.05) is 42.3 Å². The van der Waals surface area contributed by atoms with E-state index in [1.807, 2.05) is 48.5 Å². The number of hydrogen-bond acceptors (Lipinski definition) is 1. The van der Waals surface area contributed by atoms with Gasteiger partial charge in [0.05, 0.1) is 11.1 Å². The minimum absolute atomic E-state index is 0.0583. The van der Waals surface area contributed by atoms with E-state index in [1.165, 1.54) is 0 Å². The molecule has 2 nitrogen and oxygen atoms in total. The van der Waals surface area contributed by atoms with Gasteiger partial charge < -0.3 is 5.32 Å². The van der Waals surface area contributed by atoms with Gasteiger partial charge in [0.15, 0.2) is 0 Å². The quantitative estimate of drug-likeness (QED) is 0.800. The summed E-state index contributed by atoms with van der Waals surface area (Å²) < 4.78 is 0.893. The third-order valence-electron chi connectivity index (χ3n) is 4.16. The van der Waals surface area contributed by atoms with Gasteiger partial charge in [-0.2, -0.15) is 0 Å². The third kappa shape index (κ3) is 2.72. The molecule has 2 aromatic carbocycles. The summed E-state index contributed by atoms with van der Waals surface area (Å²) in [5, 5.41) is 3.74. The van der Waals surface area contributed by atoms with Gasteiger partial charge in [-0.05, 0) is 58.6 Å². The summed E-state index contributed by atoms with van der Waals surface area (Å²) in [5.41, 5.74) is 1.44. The van der Waals surface area contributed by atoms with Gasteiger partial charge >= 0.3 is 0 Å². The van der Waals surface area contributed by atoms with E-state index in [0.717, 1.165) is 35.0 Å². The molecule has 108 valence electrons. The standard InChI is InChI=1S/C17H15BrClNO/c18-14-4-1-2-5-15(14)20-16(21)17(10-3-11-17)12-6-8-13(19)9-7-12/h1-2,4-9H,3,10-11H2,(H,20,21). The maximum absolute atomic E-state index is 12.8. The highest BCUT2D eigenvalue weighted by Crippen LogP contribution is 2.45. The fourth-order valence-corrected chi connectivity index (χ4v) is 3.26. The molecule has 21 heavy (non-hydrogen) atoms. The van der Waals surface area contributed by atoms with Gasteiger partial charge in [0.25, 0.3) is 0 Å². The lowest BCUT2D eigenvalue weighted by molar-refractivity contribution is -0.124. The van der Waals surface area contributed by atoms with Crippen LogP contribution in [0.15, 0.2) is 53.0 Å². The summed E-state index contributed by atoms with van der Waals surface area (Å²) in [6, 6.07) is 15.3. The molecular formula is C17H15BrClNO. The minimum atomic E-state index is -0.417. The topological polar surface area (TPSA) is 29.1 Å². The minimum Gasteiger partial charge on any atom is -0.324 e. The van der Waals surface area contributed by atoms with Crippen LogP contribution in [0.1, 0.15) is 24.8 Å². The zero-order valence-corrected chi connectivity index (χ0v) is 13.7. The van der Waals surface area contributed by atoms with Crippen LogP contribution in [0.3, 0.4) is 0 Å². The molecule has 0 saturated heterocycles. The highest BCUT2D eigenvalue weighted by atomic mass is 79.9. The second kappa shape index (κ2) is 5.82. The van der Waals surface area contributed by atoms with Crippen LogP contribution in [0.4, 0.5) is 5.69 Å². The van der Waals surface area contributed by atoms with Crippen molar-refractivity contribution in [3.05, 3.63) is 63.6 Å². The normalized spacial score (nSPS) is 16.1. The van der Waals surface area contributed by atoms with Gasteiger partial charge in [0, 0.05) is 9.50 Å². The Morgan fingerprint density at radius 2 is 1.76 bits per heavy atom. The lowest BCUT2D eigenvalue weighted by atomic mass is 9.64. The van der Waals surface area contributed by atoms with Gasteiger partial charge in [-0.15, -0.1) is 0 Å². The Morgan fingerprint density at radius 1 is 1.10 bits per heavy atom. The Hall–Kier alpha value is -1.32. The predicted octanol–water partition coefficient (Wildman–Crippen LogP) is 5.16. The van der Waals surface area contributed by atoms with Crippen LogP contribution in [0.25, 0.3) is 0 Å². The SMILES string of the molecule is O=C(Nc1ccccc1Br)C1(c2ccc(Cl)cc2)CCC1. The van der Waals surface area contributed by atoms with Crippen molar-refractivity contribution >= 4 is 39.1 Å². The average molecular weight is 365 g/mol. The number of amides is 1. The van der Waals surface area contributed by atoms with Crippen LogP contribution in [0.2, 0.25) is 5.02 Å². The molecule has 1 aliphatic rings. The molecule has 0 heterocycles. The van der Waals surface area contributed by atoms with Crippen LogP contribution < -0.4 is 5.32 Å². The molecule has 4 heteroatoms. The summed E-state index contributed by atoms with van der Waals surface area (Å²) in [6.45, 7) is 0. The third-order valence-corrected chi connectivity index (χ3v) is 5.10. The summed E-state index contributed by atoms with van der Waals surface area (Å²) in [5.74, 6) is 0.0583. The van der Waals surface area contributed by atoms with E-state index in [-0.39, 0.29) is 5.91 Å². The fraction of sp³-hybridized carbons (Fsp3) is 0.235. The number of nitrogens with one attached hydrogen (secondary N) is 1. The molecule has 0 aromatic heterocycles. The van der Waals surface area contributed by atoms with E-state index in [4.69, 9.17) is 11.6 Å². The molecule has 0 unspecified atom stereocenters. The molecule has 1 N–H and O–H groups in total. The largest absolute Gasteiger partial charge is 0.324 e. The molecule has 0 aliphatic heterocycles. The van der Waals surface area contributed by atoms with E-state index >= 15 is 0 Å². The number of rotatable bonds is 3. The Morgan fingerprint density at radius 3 is 2.33 bits per heavy atom. The first-order chi connectivity index (χ1) is 10.1. The predicted molar refractivity (Wildman–Crippen MR) is 89.8 cm³/mol. The first-order valence-corrected chi connectivity index (χ1v) is 8.11. The summed E-state index contributed by atoms with van der Waals surface area (Å²) in [7, 11) is 0. The fourth-order valence-electron chi connectivity index (χ4n) is 2.75. The number of benzene rings is 2. The molecule has 1 saturated carbocycles. The van der Waals surface area contributed by atoms with Gasteiger partial charge in [0.2, 0.25) is 5.91 Å². The second-order valence-corrected chi connectivity index (χ2v) is 6.67. The van der Waals surface area contributed by atoms with Crippen LogP contribution in [0, 0.1) is 0 Å². The van der Waals surface area contributed by atoms with Crippen molar-refractivity contribution in [2.75, 3.05) is 5.32 Å². The molecule has 0 atom stereocenters. The summed E-state index contributed by atoms with van der Waals surface area (Å²) >= 11 is 9.41. The first kappa shape index (κ1) is 14.6. The molecule has 0 bridgehead atoms. The van der Waals surface area contributed by atoms with Crippen molar-refractivity contribution in [3.8, 4) is 0 Å². The number of hydrogen-bond donors (Lipinski definition) is 1. The Bertz CT molecular complexity index is 665. The van der Waals surface area contributed by atoms with Gasteiger partial charge in [-0.25, -0.2) is 0 Å². The Balaban J connectivity index is 1.87. The van der Waals surface area contributed by atoms with Crippen LogP contribution in [-0.2, 0) is 10.2 Å². The molecule has 1 aliphatic carbocycles. The average Bonchev–Trinajstić information content (AvgIpc) is 2.42. The van der Waals surface area contributed by atoms with E-state index < -0.39 is 5.41 Å². The molecule has 1 amide bonds. The number of halogens is 2. The zero-order valence-electron chi connectivity index (χ0n) is 11.4. The number of anilines is 1. The van der Waals surface area contributed by atoms with Gasteiger partial charge in [-0.3, -0.25) is 4.79 Å². The van der Waals surface area contributed by atoms with E-state index in [9.17, 15) is 4.79 Å². The number of carbonyl (C=O) groups is 1. The van der Waals surface area contributed by atoms with E-state index in [0.29, 0.717) is 5.02 Å². The van der Waals surface area contributed by atoms with Crippen molar-refractivity contribution in [2.24, 2.45) is 0 Å². The van der Waals surface area contributed by atoms with Crippen molar-refractivity contribution in [1.82, 2.24) is 0 Å². The van der Waals surface area contributed by atoms with Crippen molar-refractivity contribution in [2.45, 2.75) is 24.7 Å². The van der Waals surface area contributed by atoms with Gasteiger partial charge in [0.1, 0.15) is 0 Å². The molecule has 2 aromatic rings. The Labute approximate surface area is 137 Å². The number of carbonyl (C=O) groups excluding carboxylic acids is 1. The monoisotopic (exact) mass is 363 g/mol. The second-order valence-electron chi connectivity index (χ2n) is 5.38. The van der Waals surface area contributed by atoms with E-state index in [1.54, 1.807) is 0 Å². The molecular weight excluding hydrogens is 350 g/mol. The van der Waals surface area contributed by atoms with Crippen LogP contribution in [-0.4, -0.2) is 5.91 Å². The van der Waals surface area contributed by atoms with Crippen molar-refractivity contribution in [1.29, 1.82) is 0 Å². The Kier molecular flexibility index (Phi) is 4.05. The van der Waals surface area contributed by atoms with Crippen LogP contribution >= 0.6 is 27.5 Å². The molecule has 3 rings (SSSR count). The maximum atomic E-state index is 12.8. The van der Waals surface area contributed by atoms with Crippen molar-refractivity contribution in [3.63, 3.8) is 0 Å². The van der Waals surface area contributed by atoms with E-state index in [2.05, 4.69) is 21.2 Å². The first-order valence-electron chi connectivity index (χ1n) is 6.94. The zero-order chi connectivity index (χ0) is 14.9. The highest BCUT2D eigenvalue weighted by Gasteiger charge is 2.45. The van der Waals surface area contributed by atoms with Crippen LogP contribution in [0.5, 0.6) is 0 Å².